The second kappa shape index (κ2) is 10.3. The molecule has 30 heavy (non-hydrogen) atoms. The highest BCUT2D eigenvalue weighted by molar-refractivity contribution is 6.30. The average molecular weight is 422 g/mol. The van der Waals surface area contributed by atoms with Gasteiger partial charge in [0.05, 0.1) is 0 Å². The van der Waals surface area contributed by atoms with Gasteiger partial charge in [0, 0.05) is 17.5 Å². The molecular formula is C26H28ClNO2. The van der Waals surface area contributed by atoms with Crippen LogP contribution in [-0.4, -0.2) is 37.3 Å². The van der Waals surface area contributed by atoms with E-state index < -0.39 is 0 Å². The number of allylic oxidation sites excluding steroid dienone is 2. The Morgan fingerprint density at radius 1 is 0.933 bits per heavy atom. The Labute approximate surface area is 184 Å². The van der Waals surface area contributed by atoms with Crippen molar-refractivity contribution in [2.24, 2.45) is 0 Å². The molecule has 0 radical (unpaired) electrons. The van der Waals surface area contributed by atoms with E-state index in [4.69, 9.17) is 16.3 Å². The third-order valence-corrected chi connectivity index (χ3v) is 5.30. The van der Waals surface area contributed by atoms with Gasteiger partial charge in [0.25, 0.3) is 0 Å². The van der Waals surface area contributed by atoms with Gasteiger partial charge in [-0.2, -0.15) is 0 Å². The molecule has 0 saturated carbocycles. The molecule has 1 atom stereocenters. The van der Waals surface area contributed by atoms with Crippen molar-refractivity contribution < 1.29 is 9.84 Å². The van der Waals surface area contributed by atoms with Gasteiger partial charge < -0.3 is 14.7 Å². The van der Waals surface area contributed by atoms with Crippen molar-refractivity contribution >= 4 is 17.2 Å². The Balaban J connectivity index is 1.95. The molecule has 0 amide bonds. The first-order chi connectivity index (χ1) is 14.5. The van der Waals surface area contributed by atoms with Crippen LogP contribution in [0.25, 0.3) is 5.57 Å². The highest BCUT2D eigenvalue weighted by atomic mass is 35.5. The molecule has 0 aromatic heterocycles. The van der Waals surface area contributed by atoms with E-state index in [1.165, 1.54) is 5.57 Å². The summed E-state index contributed by atoms with van der Waals surface area (Å²) >= 11 is 6.10. The van der Waals surface area contributed by atoms with E-state index in [0.717, 1.165) is 34.0 Å². The van der Waals surface area contributed by atoms with Crippen molar-refractivity contribution in [3.8, 4) is 11.5 Å². The minimum atomic E-state index is 0.0209. The Bertz CT molecular complexity index is 961. The summed E-state index contributed by atoms with van der Waals surface area (Å²) in [6.07, 6.45) is 2.14. The standard InChI is InChI=1S/C26H28ClNO2/c1-4-25(19-5-11-22(27)12-6-19)26(20-7-13-23(29)14-8-20)21-9-15-24(16-10-21)30-18-17-28(2)3/h4-16,26,29H,17-18H2,1-3H3/b25-4+. The zero-order valence-electron chi connectivity index (χ0n) is 17.7. The van der Waals surface area contributed by atoms with E-state index in [-0.39, 0.29) is 11.7 Å². The lowest BCUT2D eigenvalue weighted by molar-refractivity contribution is 0.261. The van der Waals surface area contributed by atoms with Crippen LogP contribution in [-0.2, 0) is 0 Å². The summed E-state index contributed by atoms with van der Waals surface area (Å²) in [5, 5.41) is 10.5. The molecule has 0 fully saturated rings. The normalized spacial score (nSPS) is 12.8. The van der Waals surface area contributed by atoms with Crippen molar-refractivity contribution in [3.63, 3.8) is 0 Å². The molecule has 0 saturated heterocycles. The van der Waals surface area contributed by atoms with Crippen molar-refractivity contribution in [1.82, 2.24) is 4.90 Å². The van der Waals surface area contributed by atoms with E-state index in [2.05, 4.69) is 30.0 Å². The SMILES string of the molecule is C/C=C(\c1ccc(Cl)cc1)C(c1ccc(O)cc1)c1ccc(OCCN(C)C)cc1. The molecule has 3 aromatic rings. The second-order valence-corrected chi connectivity index (χ2v) is 7.93. The maximum Gasteiger partial charge on any atom is 0.119 e. The maximum atomic E-state index is 9.76. The summed E-state index contributed by atoms with van der Waals surface area (Å²) in [6.45, 7) is 3.58. The highest BCUT2D eigenvalue weighted by Gasteiger charge is 2.20. The van der Waals surface area contributed by atoms with Gasteiger partial charge in [-0.25, -0.2) is 0 Å². The van der Waals surface area contributed by atoms with E-state index in [1.807, 2.05) is 62.6 Å². The lowest BCUT2D eigenvalue weighted by atomic mass is 9.81. The van der Waals surface area contributed by atoms with Gasteiger partial charge in [-0.3, -0.25) is 0 Å². The number of aromatic hydroxyl groups is 1. The van der Waals surface area contributed by atoms with Gasteiger partial charge >= 0.3 is 0 Å². The average Bonchev–Trinajstić information content (AvgIpc) is 2.74. The van der Waals surface area contributed by atoms with Gasteiger partial charge in [-0.15, -0.1) is 0 Å². The van der Waals surface area contributed by atoms with Crippen LogP contribution in [0.15, 0.2) is 78.9 Å². The number of benzene rings is 3. The molecule has 1 unspecified atom stereocenters. The van der Waals surface area contributed by atoms with Crippen LogP contribution >= 0.6 is 11.6 Å². The number of halogens is 1. The smallest absolute Gasteiger partial charge is 0.119 e. The fourth-order valence-electron chi connectivity index (χ4n) is 3.46. The van der Waals surface area contributed by atoms with Crippen LogP contribution in [0.1, 0.15) is 29.5 Å². The molecule has 0 spiro atoms. The third-order valence-electron chi connectivity index (χ3n) is 5.05. The summed E-state index contributed by atoms with van der Waals surface area (Å²) < 4.78 is 5.85. The number of phenols is 1. The number of phenolic OH excluding ortho intramolecular Hbond substituents is 1. The summed E-state index contributed by atoms with van der Waals surface area (Å²) in [6, 6.07) is 23.6. The number of ether oxygens (including phenoxy) is 1. The molecule has 0 aliphatic rings. The predicted molar refractivity (Wildman–Crippen MR) is 126 cm³/mol. The van der Waals surface area contributed by atoms with Gasteiger partial charge in [-0.05, 0) is 79.7 Å². The first kappa shape index (κ1) is 21.9. The Morgan fingerprint density at radius 3 is 2.03 bits per heavy atom. The van der Waals surface area contributed by atoms with Crippen LogP contribution in [0.4, 0.5) is 0 Å². The van der Waals surface area contributed by atoms with E-state index in [1.54, 1.807) is 12.1 Å². The van der Waals surface area contributed by atoms with Gasteiger partial charge in [-0.1, -0.05) is 54.1 Å². The van der Waals surface area contributed by atoms with Crippen molar-refractivity contribution in [3.05, 3.63) is 101 Å². The second-order valence-electron chi connectivity index (χ2n) is 7.50. The van der Waals surface area contributed by atoms with Gasteiger partial charge in [0.15, 0.2) is 0 Å². The lowest BCUT2D eigenvalue weighted by Crippen LogP contribution is -2.19. The van der Waals surface area contributed by atoms with Gasteiger partial charge in [0.1, 0.15) is 18.1 Å². The summed E-state index contributed by atoms with van der Waals surface area (Å²) in [7, 11) is 4.06. The number of nitrogens with zero attached hydrogens (tertiary/aromatic N) is 1. The van der Waals surface area contributed by atoms with E-state index in [9.17, 15) is 5.11 Å². The van der Waals surface area contributed by atoms with Crippen LogP contribution in [0.3, 0.4) is 0 Å². The molecular weight excluding hydrogens is 394 g/mol. The van der Waals surface area contributed by atoms with E-state index >= 15 is 0 Å². The minimum absolute atomic E-state index is 0.0209. The number of likely N-dealkylation sites (N-methyl/N-ethyl adjacent to an activating group) is 1. The Hall–Kier alpha value is -2.75. The third kappa shape index (κ3) is 5.65. The number of rotatable bonds is 8. The first-order valence-electron chi connectivity index (χ1n) is 10.1. The minimum Gasteiger partial charge on any atom is -0.508 e. The highest BCUT2D eigenvalue weighted by Crippen LogP contribution is 2.39. The van der Waals surface area contributed by atoms with Crippen LogP contribution in [0.5, 0.6) is 11.5 Å². The molecule has 0 aliphatic heterocycles. The predicted octanol–water partition coefficient (Wildman–Crippen LogP) is 6.22. The van der Waals surface area contributed by atoms with Crippen molar-refractivity contribution in [2.75, 3.05) is 27.2 Å². The number of hydrogen-bond acceptors (Lipinski definition) is 3. The zero-order valence-corrected chi connectivity index (χ0v) is 18.4. The van der Waals surface area contributed by atoms with Crippen molar-refractivity contribution in [2.45, 2.75) is 12.8 Å². The van der Waals surface area contributed by atoms with Gasteiger partial charge in [0.2, 0.25) is 0 Å². The summed E-state index contributed by atoms with van der Waals surface area (Å²) in [4.78, 5) is 2.10. The molecule has 0 bridgehead atoms. The van der Waals surface area contributed by atoms with Crippen molar-refractivity contribution in [1.29, 1.82) is 0 Å². The zero-order chi connectivity index (χ0) is 21.5. The molecule has 156 valence electrons. The Kier molecular flexibility index (Phi) is 7.56. The molecule has 3 nitrogen and oxygen atoms in total. The monoisotopic (exact) mass is 421 g/mol. The lowest BCUT2D eigenvalue weighted by Gasteiger charge is -2.23. The summed E-state index contributed by atoms with van der Waals surface area (Å²) in [5.74, 6) is 1.14. The molecule has 3 aromatic carbocycles. The maximum absolute atomic E-state index is 9.76. The molecule has 3 rings (SSSR count). The van der Waals surface area contributed by atoms with E-state index in [0.29, 0.717) is 6.61 Å². The topological polar surface area (TPSA) is 32.7 Å². The fraction of sp³-hybridized carbons (Fsp3) is 0.231. The Morgan fingerprint density at radius 2 is 1.50 bits per heavy atom. The molecule has 0 aliphatic carbocycles. The summed E-state index contributed by atoms with van der Waals surface area (Å²) in [5.41, 5.74) is 4.56. The quantitative estimate of drug-likeness (QED) is 0.468. The van der Waals surface area contributed by atoms with Crippen LogP contribution in [0.2, 0.25) is 5.02 Å². The first-order valence-corrected chi connectivity index (χ1v) is 10.4. The number of hydrogen-bond donors (Lipinski definition) is 1. The molecule has 1 N–H and O–H groups in total. The molecule has 0 heterocycles. The van der Waals surface area contributed by atoms with Crippen LogP contribution < -0.4 is 4.74 Å². The van der Waals surface area contributed by atoms with Crippen LogP contribution in [0, 0.1) is 0 Å². The fourth-order valence-corrected chi connectivity index (χ4v) is 3.59. The molecule has 4 heteroatoms. The largest absolute Gasteiger partial charge is 0.508 e.